The van der Waals surface area contributed by atoms with Crippen molar-refractivity contribution in [3.05, 3.63) is 65.2 Å². The van der Waals surface area contributed by atoms with Crippen LogP contribution in [0.2, 0.25) is 0 Å². The molecule has 11 nitrogen and oxygen atoms in total. The summed E-state index contributed by atoms with van der Waals surface area (Å²) in [5.41, 5.74) is 0.982. The van der Waals surface area contributed by atoms with Crippen molar-refractivity contribution in [1.29, 1.82) is 0 Å². The number of carbonyl (C=O) groups is 3. The van der Waals surface area contributed by atoms with Gasteiger partial charge in [-0.1, -0.05) is 0 Å². The number of benzene rings is 3. The van der Waals surface area contributed by atoms with E-state index in [2.05, 4.69) is 0 Å². The van der Waals surface area contributed by atoms with Crippen LogP contribution in [-0.2, 0) is 9.59 Å². The third kappa shape index (κ3) is 5.28. The lowest BCUT2D eigenvalue weighted by Crippen LogP contribution is -2.36. The van der Waals surface area contributed by atoms with Gasteiger partial charge in [0.25, 0.3) is 11.8 Å². The van der Waals surface area contributed by atoms with Crippen LogP contribution in [0, 0.1) is 0 Å². The first-order chi connectivity index (χ1) is 20.3. The van der Waals surface area contributed by atoms with Crippen molar-refractivity contribution in [1.82, 2.24) is 4.90 Å². The van der Waals surface area contributed by atoms with Crippen LogP contribution in [0.3, 0.4) is 0 Å². The molecule has 0 unspecified atom stereocenters. The van der Waals surface area contributed by atoms with E-state index in [9.17, 15) is 14.4 Å². The predicted molar refractivity (Wildman–Crippen MR) is 153 cm³/mol. The number of ether oxygens (including phenoxy) is 7. The zero-order chi connectivity index (χ0) is 30.6. The molecule has 0 bridgehead atoms. The molecule has 1 aliphatic rings. The van der Waals surface area contributed by atoms with Crippen LogP contribution < -0.4 is 33.2 Å². The standard InChI is InChI=1S/C31H31NO10/c1-36-20-10-8-17(9-11-20)21(33)16-32-30(34)26(18-12-22(37-2)28(41-6)23(13-18)38-3)27(31(32)35)19-14-24(39-4)29(42-7)25(15-19)40-5/h8-15H,16H2,1-7H3. The number of carbonyl (C=O) groups excluding carboxylic acids is 3. The van der Waals surface area contributed by atoms with Crippen molar-refractivity contribution in [2.75, 3.05) is 56.3 Å². The quantitative estimate of drug-likeness (QED) is 0.232. The second kappa shape index (κ2) is 12.5. The first-order valence-corrected chi connectivity index (χ1v) is 12.6. The number of rotatable bonds is 12. The molecule has 0 spiro atoms. The maximum Gasteiger partial charge on any atom is 0.262 e. The number of hydrogen-bond donors (Lipinski definition) is 0. The summed E-state index contributed by atoms with van der Waals surface area (Å²) in [4.78, 5) is 42.2. The zero-order valence-electron chi connectivity index (χ0n) is 24.4. The average Bonchev–Trinajstić information content (AvgIpc) is 3.27. The van der Waals surface area contributed by atoms with Gasteiger partial charge in [0.15, 0.2) is 28.8 Å². The van der Waals surface area contributed by atoms with Gasteiger partial charge in [-0.05, 0) is 59.7 Å². The van der Waals surface area contributed by atoms with Gasteiger partial charge in [0, 0.05) is 5.56 Å². The summed E-state index contributed by atoms with van der Waals surface area (Å²) in [5.74, 6) is 0.482. The highest BCUT2D eigenvalue weighted by molar-refractivity contribution is 6.49. The molecule has 2 amide bonds. The zero-order valence-corrected chi connectivity index (χ0v) is 24.4. The van der Waals surface area contributed by atoms with E-state index < -0.39 is 24.1 Å². The van der Waals surface area contributed by atoms with E-state index >= 15 is 0 Å². The topological polar surface area (TPSA) is 119 Å². The van der Waals surface area contributed by atoms with Crippen LogP contribution in [0.5, 0.6) is 40.2 Å². The van der Waals surface area contributed by atoms with Crippen LogP contribution in [0.15, 0.2) is 48.5 Å². The van der Waals surface area contributed by atoms with E-state index in [0.717, 1.165) is 4.90 Å². The largest absolute Gasteiger partial charge is 0.497 e. The molecular formula is C31H31NO10. The maximum absolute atomic E-state index is 14.0. The Balaban J connectivity index is 1.91. The molecule has 0 aliphatic carbocycles. The Bertz CT molecular complexity index is 1420. The van der Waals surface area contributed by atoms with E-state index in [1.807, 2.05) is 0 Å². The molecule has 0 N–H and O–H groups in total. The lowest BCUT2D eigenvalue weighted by Gasteiger charge is -2.16. The van der Waals surface area contributed by atoms with Gasteiger partial charge in [-0.3, -0.25) is 19.3 Å². The number of Topliss-reactive ketones (excluding diaryl/α,β-unsaturated/α-hetero) is 1. The number of nitrogens with zero attached hydrogens (tertiary/aromatic N) is 1. The molecule has 0 aromatic heterocycles. The molecule has 1 aliphatic heterocycles. The van der Waals surface area contributed by atoms with Crippen molar-refractivity contribution in [3.63, 3.8) is 0 Å². The summed E-state index contributed by atoms with van der Waals surface area (Å²) in [6.07, 6.45) is 0. The molecule has 0 saturated carbocycles. The van der Waals surface area contributed by atoms with E-state index in [0.29, 0.717) is 33.9 Å². The van der Waals surface area contributed by atoms with Gasteiger partial charge in [0.2, 0.25) is 11.5 Å². The van der Waals surface area contributed by atoms with Crippen LogP contribution >= 0.6 is 0 Å². The molecule has 4 rings (SSSR count). The van der Waals surface area contributed by atoms with Gasteiger partial charge in [-0.15, -0.1) is 0 Å². The minimum atomic E-state index is -0.681. The lowest BCUT2D eigenvalue weighted by molar-refractivity contribution is -0.135. The molecule has 11 heteroatoms. The Morgan fingerprint density at radius 1 is 0.571 bits per heavy atom. The smallest absolute Gasteiger partial charge is 0.262 e. The van der Waals surface area contributed by atoms with Crippen LogP contribution in [0.1, 0.15) is 21.5 Å². The van der Waals surface area contributed by atoms with Crippen molar-refractivity contribution in [2.45, 2.75) is 0 Å². The van der Waals surface area contributed by atoms with Gasteiger partial charge in [0.1, 0.15) is 5.75 Å². The lowest BCUT2D eigenvalue weighted by atomic mass is 9.95. The fraction of sp³-hybridized carbons (Fsp3) is 0.258. The first-order valence-electron chi connectivity index (χ1n) is 12.6. The molecule has 0 fully saturated rings. The number of hydrogen-bond acceptors (Lipinski definition) is 10. The van der Waals surface area contributed by atoms with Crippen molar-refractivity contribution >= 4 is 28.7 Å². The Kier molecular flexibility index (Phi) is 8.90. The minimum absolute atomic E-state index is 0.0241. The summed E-state index contributed by atoms with van der Waals surface area (Å²) in [5, 5.41) is 0. The van der Waals surface area contributed by atoms with Gasteiger partial charge in [-0.2, -0.15) is 0 Å². The highest BCUT2D eigenvalue weighted by Gasteiger charge is 2.41. The second-order valence-electron chi connectivity index (χ2n) is 8.93. The molecule has 1 heterocycles. The summed E-state index contributed by atoms with van der Waals surface area (Å²) < 4.78 is 38.0. The summed E-state index contributed by atoms with van der Waals surface area (Å²) in [6, 6.07) is 12.6. The second-order valence-corrected chi connectivity index (χ2v) is 8.93. The molecule has 0 atom stereocenters. The van der Waals surface area contributed by atoms with Crippen LogP contribution in [-0.4, -0.2) is 78.8 Å². The Hall–Kier alpha value is -5.19. The highest BCUT2D eigenvalue weighted by Crippen LogP contribution is 2.46. The van der Waals surface area contributed by atoms with Crippen LogP contribution in [0.25, 0.3) is 11.1 Å². The summed E-state index contributed by atoms with van der Waals surface area (Å²) >= 11 is 0. The molecule has 220 valence electrons. The molecular weight excluding hydrogens is 546 g/mol. The summed E-state index contributed by atoms with van der Waals surface area (Å²) in [7, 11) is 10.2. The first kappa shape index (κ1) is 29.8. The van der Waals surface area contributed by atoms with E-state index in [4.69, 9.17) is 33.2 Å². The third-order valence-corrected chi connectivity index (χ3v) is 6.79. The molecule has 3 aromatic rings. The Morgan fingerprint density at radius 2 is 0.952 bits per heavy atom. The molecule has 0 radical (unpaired) electrons. The molecule has 0 saturated heterocycles. The Labute approximate surface area is 243 Å². The van der Waals surface area contributed by atoms with Crippen molar-refractivity contribution < 1.29 is 47.5 Å². The normalized spacial score (nSPS) is 12.8. The monoisotopic (exact) mass is 577 g/mol. The molecule has 42 heavy (non-hydrogen) atoms. The summed E-state index contributed by atoms with van der Waals surface area (Å²) in [6.45, 7) is -0.494. The van der Waals surface area contributed by atoms with Gasteiger partial charge in [-0.25, -0.2) is 0 Å². The van der Waals surface area contributed by atoms with E-state index in [1.165, 1.54) is 49.8 Å². The molecule has 3 aromatic carbocycles. The predicted octanol–water partition coefficient (Wildman–Crippen LogP) is 3.91. The SMILES string of the molecule is COc1ccc(C(=O)CN2C(=O)C(c3cc(OC)c(OC)c(OC)c3)=C(c3cc(OC)c(OC)c(OC)c3)C2=O)cc1. The fourth-order valence-electron chi connectivity index (χ4n) is 4.72. The minimum Gasteiger partial charge on any atom is -0.497 e. The number of methoxy groups -OCH3 is 7. The van der Waals surface area contributed by atoms with Crippen molar-refractivity contribution in [3.8, 4) is 40.2 Å². The van der Waals surface area contributed by atoms with Gasteiger partial charge in [0.05, 0.1) is 67.5 Å². The van der Waals surface area contributed by atoms with E-state index in [-0.39, 0.29) is 34.1 Å². The van der Waals surface area contributed by atoms with Gasteiger partial charge >= 0.3 is 0 Å². The van der Waals surface area contributed by atoms with Crippen molar-refractivity contribution in [2.24, 2.45) is 0 Å². The number of imide groups is 1. The maximum atomic E-state index is 14.0. The Morgan fingerprint density at radius 3 is 1.26 bits per heavy atom. The number of ketones is 1. The van der Waals surface area contributed by atoms with Crippen LogP contribution in [0.4, 0.5) is 0 Å². The average molecular weight is 578 g/mol. The fourth-order valence-corrected chi connectivity index (χ4v) is 4.72. The third-order valence-electron chi connectivity index (χ3n) is 6.79. The number of amides is 2. The van der Waals surface area contributed by atoms with Gasteiger partial charge < -0.3 is 33.2 Å². The van der Waals surface area contributed by atoms with E-state index in [1.54, 1.807) is 48.5 Å². The highest BCUT2D eigenvalue weighted by atomic mass is 16.5.